The van der Waals surface area contributed by atoms with Crippen LogP contribution in [0.4, 0.5) is 24.7 Å². The van der Waals surface area contributed by atoms with Crippen LogP contribution in [0, 0.1) is 5.92 Å². The van der Waals surface area contributed by atoms with E-state index in [0.29, 0.717) is 24.5 Å². The van der Waals surface area contributed by atoms with E-state index in [1.165, 1.54) is 6.07 Å². The summed E-state index contributed by atoms with van der Waals surface area (Å²) >= 11 is 0. The number of hydrogen-bond acceptors (Lipinski definition) is 6. The van der Waals surface area contributed by atoms with Gasteiger partial charge in [0.05, 0.1) is 18.6 Å². The summed E-state index contributed by atoms with van der Waals surface area (Å²) in [5.74, 6) is 0.388. The van der Waals surface area contributed by atoms with Crippen molar-refractivity contribution in [1.29, 1.82) is 0 Å². The molecule has 0 unspecified atom stereocenters. The van der Waals surface area contributed by atoms with Crippen molar-refractivity contribution >= 4 is 17.4 Å². The molecule has 34 heavy (non-hydrogen) atoms. The second-order valence-electron chi connectivity index (χ2n) is 8.02. The van der Waals surface area contributed by atoms with Crippen molar-refractivity contribution in [3.8, 4) is 5.75 Å². The largest absolute Gasteiger partial charge is 0.493 e. The smallest absolute Gasteiger partial charge is 0.416 e. The van der Waals surface area contributed by atoms with Crippen molar-refractivity contribution in [3.05, 3.63) is 77.7 Å². The number of carbonyl (C=O) groups excluding carboxylic acids is 1. The van der Waals surface area contributed by atoms with E-state index in [1.807, 2.05) is 12.1 Å². The first kappa shape index (κ1) is 23.5. The fourth-order valence-electron chi connectivity index (χ4n) is 3.40. The number of ether oxygens (including phenoxy) is 1. The van der Waals surface area contributed by atoms with Crippen molar-refractivity contribution in [1.82, 2.24) is 15.3 Å². The monoisotopic (exact) mass is 471 g/mol. The normalized spacial score (nSPS) is 13.7. The minimum absolute atomic E-state index is 0.0248. The third-order valence-corrected chi connectivity index (χ3v) is 5.32. The zero-order valence-electron chi connectivity index (χ0n) is 18.2. The number of alkyl halides is 3. The number of anilines is 2. The van der Waals surface area contributed by atoms with Crippen LogP contribution in [0.1, 0.15) is 16.7 Å². The highest BCUT2D eigenvalue weighted by Crippen LogP contribution is 2.34. The van der Waals surface area contributed by atoms with E-state index in [9.17, 15) is 18.0 Å². The third-order valence-electron chi connectivity index (χ3n) is 5.32. The van der Waals surface area contributed by atoms with Crippen LogP contribution in [0.3, 0.4) is 0 Å². The van der Waals surface area contributed by atoms with Crippen molar-refractivity contribution < 1.29 is 22.7 Å². The summed E-state index contributed by atoms with van der Waals surface area (Å²) in [4.78, 5) is 21.0. The first-order valence-electron chi connectivity index (χ1n) is 10.8. The molecule has 0 radical (unpaired) electrons. The fraction of sp³-hybridized carbons (Fsp3) is 0.292. The van der Waals surface area contributed by atoms with Gasteiger partial charge in [-0.1, -0.05) is 6.07 Å². The lowest BCUT2D eigenvalue weighted by Crippen LogP contribution is -2.45. The van der Waals surface area contributed by atoms with Gasteiger partial charge in [0.2, 0.25) is 5.91 Å². The van der Waals surface area contributed by atoms with Crippen LogP contribution in [0.15, 0.2) is 61.1 Å². The van der Waals surface area contributed by atoms with Crippen molar-refractivity contribution in [2.75, 3.05) is 30.3 Å². The number of halogens is 3. The lowest BCUT2D eigenvalue weighted by molar-refractivity contribution is -0.137. The van der Waals surface area contributed by atoms with E-state index in [0.717, 1.165) is 30.8 Å². The number of amides is 1. The van der Waals surface area contributed by atoms with E-state index in [2.05, 4.69) is 25.9 Å². The maximum atomic E-state index is 13.4. The molecule has 1 fully saturated rings. The minimum atomic E-state index is -4.57. The van der Waals surface area contributed by atoms with Crippen LogP contribution >= 0.6 is 0 Å². The second-order valence-corrected chi connectivity index (χ2v) is 8.02. The van der Waals surface area contributed by atoms with Crippen LogP contribution in [-0.4, -0.2) is 35.6 Å². The number of nitrogens with zero attached hydrogens (tertiary/aromatic N) is 2. The van der Waals surface area contributed by atoms with Crippen LogP contribution < -0.4 is 20.7 Å². The molecule has 1 aromatic carbocycles. The highest BCUT2D eigenvalue weighted by atomic mass is 19.4. The molecule has 1 aliphatic heterocycles. The molecule has 0 atom stereocenters. The van der Waals surface area contributed by atoms with Gasteiger partial charge < -0.3 is 20.7 Å². The standard InChI is InChI=1S/C24H24F3N5O2/c25-24(26,27)19-9-20(11-21(10-19)34-15-17-12-29-13-17)32-22(33)8-18-2-1-5-30-23(18)31-14-16-3-6-28-7-4-16/h1-7,9-11,17,29H,8,12-15H2,(H,30,31)(H,32,33). The molecule has 4 rings (SSSR count). The van der Waals surface area contributed by atoms with Gasteiger partial charge in [-0.25, -0.2) is 4.98 Å². The average molecular weight is 471 g/mol. The van der Waals surface area contributed by atoms with Crippen LogP contribution in [0.25, 0.3) is 0 Å². The Labute approximate surface area is 194 Å². The molecule has 3 heterocycles. The van der Waals surface area contributed by atoms with Gasteiger partial charge in [-0.15, -0.1) is 0 Å². The maximum Gasteiger partial charge on any atom is 0.416 e. The van der Waals surface area contributed by atoms with Gasteiger partial charge in [0.15, 0.2) is 0 Å². The predicted octanol–water partition coefficient (Wildman–Crippen LogP) is 3.89. The first-order valence-corrected chi connectivity index (χ1v) is 10.8. The summed E-state index contributed by atoms with van der Waals surface area (Å²) in [6, 6.07) is 10.4. The molecular formula is C24H24F3N5O2. The van der Waals surface area contributed by atoms with E-state index in [-0.39, 0.29) is 23.8 Å². The molecule has 1 aliphatic rings. The molecular weight excluding hydrogens is 447 g/mol. The summed E-state index contributed by atoms with van der Waals surface area (Å²) in [7, 11) is 0. The highest BCUT2D eigenvalue weighted by molar-refractivity contribution is 5.93. The quantitative estimate of drug-likeness (QED) is 0.439. The van der Waals surface area contributed by atoms with E-state index < -0.39 is 17.6 Å². The average Bonchev–Trinajstić information content (AvgIpc) is 2.77. The van der Waals surface area contributed by atoms with E-state index in [1.54, 1.807) is 30.7 Å². The minimum Gasteiger partial charge on any atom is -0.493 e. The summed E-state index contributed by atoms with van der Waals surface area (Å²) in [6.45, 7) is 2.33. The number of rotatable bonds is 9. The molecule has 178 valence electrons. The molecule has 0 spiro atoms. The Morgan fingerprint density at radius 2 is 1.91 bits per heavy atom. The van der Waals surface area contributed by atoms with Gasteiger partial charge >= 0.3 is 6.18 Å². The van der Waals surface area contributed by atoms with E-state index >= 15 is 0 Å². The maximum absolute atomic E-state index is 13.4. The molecule has 2 aromatic heterocycles. The summed E-state index contributed by atoms with van der Waals surface area (Å²) < 4.78 is 45.7. The Balaban J connectivity index is 1.44. The first-order chi connectivity index (χ1) is 16.4. The Bertz CT molecular complexity index is 1120. The highest BCUT2D eigenvalue weighted by Gasteiger charge is 2.32. The fourth-order valence-corrected chi connectivity index (χ4v) is 3.40. The molecule has 3 N–H and O–H groups in total. The number of benzene rings is 1. The molecule has 10 heteroatoms. The molecule has 1 saturated heterocycles. The van der Waals surface area contributed by atoms with Gasteiger partial charge in [0.1, 0.15) is 11.6 Å². The molecule has 3 aromatic rings. The lowest BCUT2D eigenvalue weighted by Gasteiger charge is -2.27. The summed E-state index contributed by atoms with van der Waals surface area (Å²) in [5, 5.41) is 8.83. The molecule has 1 amide bonds. The van der Waals surface area contributed by atoms with Crippen LogP contribution in [0.5, 0.6) is 5.75 Å². The van der Waals surface area contributed by atoms with Gasteiger partial charge in [0.25, 0.3) is 0 Å². The van der Waals surface area contributed by atoms with Crippen molar-refractivity contribution in [3.63, 3.8) is 0 Å². The topological polar surface area (TPSA) is 88.2 Å². The Kier molecular flexibility index (Phi) is 7.27. The van der Waals surface area contributed by atoms with Crippen LogP contribution in [-0.2, 0) is 23.9 Å². The number of nitrogens with one attached hydrogen (secondary N) is 3. The summed E-state index contributed by atoms with van der Waals surface area (Å²) in [5.41, 5.74) is 0.755. The number of hydrogen-bond donors (Lipinski definition) is 3. The third kappa shape index (κ3) is 6.44. The van der Waals surface area contributed by atoms with E-state index in [4.69, 9.17) is 4.74 Å². The number of pyridine rings is 2. The van der Waals surface area contributed by atoms with Gasteiger partial charge in [0, 0.05) is 61.5 Å². The Morgan fingerprint density at radius 3 is 2.62 bits per heavy atom. The van der Waals surface area contributed by atoms with Gasteiger partial charge in [-0.05, 0) is 35.9 Å². The summed E-state index contributed by atoms with van der Waals surface area (Å²) in [6.07, 6.45) is 0.334. The molecule has 0 saturated carbocycles. The SMILES string of the molecule is O=C(Cc1cccnc1NCc1ccncc1)Nc1cc(OCC2CNC2)cc(C(F)(F)F)c1. The zero-order valence-corrected chi connectivity index (χ0v) is 18.2. The number of carbonyl (C=O) groups is 1. The molecule has 0 aliphatic carbocycles. The molecule has 7 nitrogen and oxygen atoms in total. The van der Waals surface area contributed by atoms with Crippen LogP contribution in [0.2, 0.25) is 0 Å². The number of aromatic nitrogens is 2. The Hall–Kier alpha value is -3.66. The molecule has 0 bridgehead atoms. The van der Waals surface area contributed by atoms with Gasteiger partial charge in [-0.2, -0.15) is 13.2 Å². The van der Waals surface area contributed by atoms with Crippen molar-refractivity contribution in [2.24, 2.45) is 5.92 Å². The van der Waals surface area contributed by atoms with Gasteiger partial charge in [-0.3, -0.25) is 9.78 Å². The Morgan fingerprint density at radius 1 is 1.12 bits per heavy atom. The zero-order chi connectivity index (χ0) is 24.0. The lowest BCUT2D eigenvalue weighted by atomic mass is 10.1. The predicted molar refractivity (Wildman–Crippen MR) is 121 cm³/mol. The van der Waals surface area contributed by atoms with Crippen molar-refractivity contribution in [2.45, 2.75) is 19.1 Å². The second kappa shape index (κ2) is 10.5.